The first-order valence-electron chi connectivity index (χ1n) is 8.72. The number of hydrogen-bond donors (Lipinski definition) is 2. The summed E-state index contributed by atoms with van der Waals surface area (Å²) in [4.78, 5) is 24.7. The van der Waals surface area contributed by atoms with Gasteiger partial charge in [0, 0.05) is 6.04 Å². The van der Waals surface area contributed by atoms with Crippen molar-refractivity contribution in [1.29, 1.82) is 0 Å². The maximum absolute atomic E-state index is 12.3. The van der Waals surface area contributed by atoms with Crippen LogP contribution in [0.1, 0.15) is 32.6 Å². The van der Waals surface area contributed by atoms with E-state index in [1.54, 1.807) is 4.57 Å². The van der Waals surface area contributed by atoms with Crippen molar-refractivity contribution in [1.82, 2.24) is 20.1 Å². The number of primary amides is 1. The molecule has 0 bridgehead atoms. The molecule has 1 aliphatic carbocycles. The van der Waals surface area contributed by atoms with Gasteiger partial charge >= 0.3 is 0 Å². The van der Waals surface area contributed by atoms with Crippen molar-refractivity contribution in [2.75, 3.05) is 5.75 Å². The molecule has 2 aromatic rings. The predicted molar refractivity (Wildman–Crippen MR) is 103 cm³/mol. The number of carbonyl (C=O) groups excluding carboxylic acids is 2. The van der Waals surface area contributed by atoms with E-state index in [1.807, 2.05) is 17.5 Å². The zero-order valence-electron chi connectivity index (χ0n) is 14.7. The Labute approximate surface area is 160 Å². The molecule has 0 aromatic carbocycles. The Kier molecular flexibility index (Phi) is 6.31. The molecule has 0 radical (unpaired) electrons. The van der Waals surface area contributed by atoms with E-state index >= 15 is 0 Å². The lowest BCUT2D eigenvalue weighted by Gasteiger charge is -2.29. The largest absolute Gasteiger partial charge is 0.368 e. The van der Waals surface area contributed by atoms with Crippen molar-refractivity contribution in [3.63, 3.8) is 0 Å². The molecule has 2 atom stereocenters. The van der Waals surface area contributed by atoms with Gasteiger partial charge in [0.2, 0.25) is 11.8 Å². The lowest BCUT2D eigenvalue weighted by atomic mass is 9.86. The molecule has 2 aromatic heterocycles. The Morgan fingerprint density at radius 1 is 1.38 bits per heavy atom. The summed E-state index contributed by atoms with van der Waals surface area (Å²) in [7, 11) is 0. The second-order valence-corrected chi connectivity index (χ2v) is 8.45. The van der Waals surface area contributed by atoms with Crippen LogP contribution in [0, 0.1) is 5.92 Å². The molecule has 0 unspecified atom stereocenters. The Balaban J connectivity index is 1.65. The number of amides is 2. The summed E-state index contributed by atoms with van der Waals surface area (Å²) >= 11 is 2.79. The van der Waals surface area contributed by atoms with E-state index in [9.17, 15) is 9.59 Å². The first-order valence-corrected chi connectivity index (χ1v) is 10.6. The fourth-order valence-electron chi connectivity index (χ4n) is 3.19. The highest BCUT2D eigenvalue weighted by Crippen LogP contribution is 2.27. The van der Waals surface area contributed by atoms with E-state index in [0.717, 1.165) is 17.7 Å². The minimum Gasteiger partial charge on any atom is -0.368 e. The maximum atomic E-state index is 12.3. The van der Waals surface area contributed by atoms with E-state index < -0.39 is 5.91 Å². The second-order valence-electron chi connectivity index (χ2n) is 6.56. The highest BCUT2D eigenvalue weighted by atomic mass is 32.2. The monoisotopic (exact) mass is 393 g/mol. The molecular weight excluding hydrogens is 370 g/mol. The molecule has 1 aliphatic rings. The zero-order chi connectivity index (χ0) is 18.5. The third kappa shape index (κ3) is 4.64. The van der Waals surface area contributed by atoms with Crippen molar-refractivity contribution in [3.05, 3.63) is 17.5 Å². The SMILES string of the molecule is C[C@H]1CCCC[C@H]1NC(=O)CSc1nnc(-c2cccs2)n1CC(N)=O. The number of carbonyl (C=O) groups is 2. The molecule has 1 fully saturated rings. The topological polar surface area (TPSA) is 103 Å². The lowest BCUT2D eigenvalue weighted by molar-refractivity contribution is -0.120. The van der Waals surface area contributed by atoms with Gasteiger partial charge in [-0.2, -0.15) is 0 Å². The van der Waals surface area contributed by atoms with Gasteiger partial charge in [-0.3, -0.25) is 14.2 Å². The fourth-order valence-corrected chi connectivity index (χ4v) is 4.66. The van der Waals surface area contributed by atoms with Crippen molar-refractivity contribution >= 4 is 34.9 Å². The van der Waals surface area contributed by atoms with E-state index in [0.29, 0.717) is 16.9 Å². The van der Waals surface area contributed by atoms with Gasteiger partial charge in [0.1, 0.15) is 6.54 Å². The van der Waals surface area contributed by atoms with Gasteiger partial charge in [0.25, 0.3) is 0 Å². The predicted octanol–water partition coefficient (Wildman–Crippen LogP) is 2.28. The van der Waals surface area contributed by atoms with Crippen LogP contribution in [0.25, 0.3) is 10.7 Å². The van der Waals surface area contributed by atoms with Crippen LogP contribution in [0.5, 0.6) is 0 Å². The van der Waals surface area contributed by atoms with Crippen LogP contribution in [0.2, 0.25) is 0 Å². The number of nitrogens with one attached hydrogen (secondary N) is 1. The van der Waals surface area contributed by atoms with Crippen molar-refractivity contribution in [2.24, 2.45) is 11.7 Å². The van der Waals surface area contributed by atoms with Gasteiger partial charge in [-0.1, -0.05) is 37.6 Å². The summed E-state index contributed by atoms with van der Waals surface area (Å²) in [6, 6.07) is 4.08. The quantitative estimate of drug-likeness (QED) is 0.703. The summed E-state index contributed by atoms with van der Waals surface area (Å²) in [6.45, 7) is 2.18. The molecule has 1 saturated carbocycles. The van der Waals surface area contributed by atoms with Gasteiger partial charge in [0.05, 0.1) is 10.6 Å². The average Bonchev–Trinajstić information content (AvgIpc) is 3.24. The maximum Gasteiger partial charge on any atom is 0.237 e. The van der Waals surface area contributed by atoms with E-state index in [4.69, 9.17) is 5.73 Å². The van der Waals surface area contributed by atoms with Crippen LogP contribution in [0.3, 0.4) is 0 Å². The van der Waals surface area contributed by atoms with Gasteiger partial charge in [-0.05, 0) is 30.2 Å². The van der Waals surface area contributed by atoms with Crippen LogP contribution >= 0.6 is 23.1 Å². The van der Waals surface area contributed by atoms with Crippen molar-refractivity contribution < 1.29 is 9.59 Å². The van der Waals surface area contributed by atoms with Crippen molar-refractivity contribution in [2.45, 2.75) is 50.4 Å². The summed E-state index contributed by atoms with van der Waals surface area (Å²) in [5.74, 6) is 0.874. The van der Waals surface area contributed by atoms with E-state index in [1.165, 1.54) is 35.9 Å². The van der Waals surface area contributed by atoms with Crippen LogP contribution in [0.4, 0.5) is 0 Å². The fraction of sp³-hybridized carbons (Fsp3) is 0.529. The number of thioether (sulfide) groups is 1. The van der Waals surface area contributed by atoms with Crippen LogP contribution < -0.4 is 11.1 Å². The molecule has 0 aliphatic heterocycles. The number of nitrogens with zero attached hydrogens (tertiary/aromatic N) is 3. The van der Waals surface area contributed by atoms with E-state index in [-0.39, 0.29) is 24.2 Å². The summed E-state index contributed by atoms with van der Waals surface area (Å²) in [6.07, 6.45) is 4.61. The van der Waals surface area contributed by atoms with Crippen LogP contribution in [-0.2, 0) is 16.1 Å². The minimum absolute atomic E-state index is 0.0101. The molecule has 3 rings (SSSR count). The summed E-state index contributed by atoms with van der Waals surface area (Å²) < 4.78 is 1.68. The highest BCUT2D eigenvalue weighted by Gasteiger charge is 2.23. The van der Waals surface area contributed by atoms with Gasteiger partial charge in [-0.25, -0.2) is 0 Å². The first kappa shape index (κ1) is 18.9. The molecule has 2 amide bonds. The number of nitrogens with two attached hydrogens (primary N) is 1. The molecular formula is C17H23N5O2S2. The van der Waals surface area contributed by atoms with Gasteiger partial charge in [-0.15, -0.1) is 21.5 Å². The molecule has 140 valence electrons. The lowest BCUT2D eigenvalue weighted by Crippen LogP contribution is -2.41. The zero-order valence-corrected chi connectivity index (χ0v) is 16.3. The Morgan fingerprint density at radius 3 is 2.88 bits per heavy atom. The molecule has 9 heteroatoms. The number of aromatic nitrogens is 3. The van der Waals surface area contributed by atoms with Crippen LogP contribution in [0.15, 0.2) is 22.7 Å². The Bertz CT molecular complexity index is 759. The molecule has 0 saturated heterocycles. The highest BCUT2D eigenvalue weighted by molar-refractivity contribution is 7.99. The Hall–Kier alpha value is -1.87. The molecule has 26 heavy (non-hydrogen) atoms. The van der Waals surface area contributed by atoms with Gasteiger partial charge in [0.15, 0.2) is 11.0 Å². The molecule has 3 N–H and O–H groups in total. The Morgan fingerprint density at radius 2 is 2.19 bits per heavy atom. The number of thiophene rings is 1. The standard InChI is InChI=1S/C17H23N5O2S2/c1-11-5-2-3-6-12(11)19-15(24)10-26-17-21-20-16(13-7-4-8-25-13)22(17)9-14(18)23/h4,7-8,11-12H,2-3,5-6,9-10H2,1H3,(H2,18,23)(H,19,24)/t11-,12+/m0/s1. The van der Waals surface area contributed by atoms with E-state index in [2.05, 4.69) is 22.4 Å². The molecule has 0 spiro atoms. The minimum atomic E-state index is -0.468. The third-order valence-corrected chi connectivity index (χ3v) is 6.40. The summed E-state index contributed by atoms with van der Waals surface area (Å²) in [5, 5.41) is 13.9. The summed E-state index contributed by atoms with van der Waals surface area (Å²) in [5.41, 5.74) is 5.37. The van der Waals surface area contributed by atoms with Crippen molar-refractivity contribution in [3.8, 4) is 10.7 Å². The number of rotatable bonds is 7. The third-order valence-electron chi connectivity index (χ3n) is 4.56. The first-order chi connectivity index (χ1) is 12.5. The van der Waals surface area contributed by atoms with Crippen LogP contribution in [-0.4, -0.2) is 38.4 Å². The smallest absolute Gasteiger partial charge is 0.237 e. The van der Waals surface area contributed by atoms with Gasteiger partial charge < -0.3 is 11.1 Å². The molecule has 7 nitrogen and oxygen atoms in total. The molecule has 2 heterocycles. The second kappa shape index (κ2) is 8.68. The normalized spacial score (nSPS) is 20.0. The number of hydrogen-bond acceptors (Lipinski definition) is 6. The average molecular weight is 394 g/mol.